The fraction of sp³-hybridized carbons (Fsp3) is 0.684. The highest BCUT2D eigenvalue weighted by Gasteiger charge is 2.27. The van der Waals surface area contributed by atoms with Gasteiger partial charge >= 0.3 is 0 Å². The van der Waals surface area contributed by atoms with Crippen LogP contribution in [0.1, 0.15) is 67.4 Å². The van der Waals surface area contributed by atoms with Crippen LogP contribution in [0.15, 0.2) is 18.3 Å². The molecule has 4 nitrogen and oxygen atoms in total. The molecule has 3 rings (SSSR count). The van der Waals surface area contributed by atoms with Crippen molar-refractivity contribution in [3.05, 3.63) is 29.6 Å². The monoisotopic (exact) mass is 315 g/mol. The number of amides is 1. The van der Waals surface area contributed by atoms with E-state index < -0.39 is 0 Å². The molecule has 1 amide bonds. The lowest BCUT2D eigenvalue weighted by Crippen LogP contribution is -2.51. The lowest BCUT2D eigenvalue weighted by Gasteiger charge is -2.38. The van der Waals surface area contributed by atoms with Gasteiger partial charge in [-0.2, -0.15) is 0 Å². The summed E-state index contributed by atoms with van der Waals surface area (Å²) in [5.41, 5.74) is 1.51. The van der Waals surface area contributed by atoms with Crippen LogP contribution in [0, 0.1) is 6.92 Å². The maximum atomic E-state index is 12.5. The number of rotatable bonds is 3. The normalized spacial score (nSPS) is 24.1. The molecule has 2 aliphatic rings. The summed E-state index contributed by atoms with van der Waals surface area (Å²) in [6.45, 7) is 4.10. The third kappa shape index (κ3) is 4.31. The molecule has 0 bridgehead atoms. The second kappa shape index (κ2) is 7.91. The Morgan fingerprint density at radius 3 is 2.70 bits per heavy atom. The van der Waals surface area contributed by atoms with Gasteiger partial charge in [0.15, 0.2) is 0 Å². The molecule has 0 spiro atoms. The highest BCUT2D eigenvalue weighted by Crippen LogP contribution is 2.24. The van der Waals surface area contributed by atoms with Gasteiger partial charge in [-0.15, -0.1) is 0 Å². The number of likely N-dealkylation sites (tertiary alicyclic amines) is 1. The molecular weight excluding hydrogens is 286 g/mol. The van der Waals surface area contributed by atoms with Gasteiger partial charge in [0, 0.05) is 30.5 Å². The van der Waals surface area contributed by atoms with Crippen molar-refractivity contribution in [1.82, 2.24) is 15.2 Å². The molecule has 1 aliphatic heterocycles. The molecule has 126 valence electrons. The molecule has 4 heteroatoms. The summed E-state index contributed by atoms with van der Waals surface area (Å²) >= 11 is 0. The Morgan fingerprint density at radius 2 is 1.96 bits per heavy atom. The number of carbonyl (C=O) groups is 1. The summed E-state index contributed by atoms with van der Waals surface area (Å²) in [5.74, 6) is 0.0308. The van der Waals surface area contributed by atoms with Gasteiger partial charge in [0.25, 0.3) is 5.91 Å². The molecule has 2 fully saturated rings. The minimum atomic E-state index is 0.0308. The van der Waals surface area contributed by atoms with Crippen LogP contribution in [0.4, 0.5) is 0 Å². The molecule has 1 atom stereocenters. The van der Waals surface area contributed by atoms with Gasteiger partial charge in [-0.25, -0.2) is 0 Å². The number of carbonyl (C=O) groups excluding carboxylic acids is 1. The number of nitrogens with zero attached hydrogens (tertiary/aromatic N) is 2. The molecule has 1 N–H and O–H groups in total. The van der Waals surface area contributed by atoms with Crippen LogP contribution in [0.25, 0.3) is 0 Å². The zero-order valence-corrected chi connectivity index (χ0v) is 14.3. The summed E-state index contributed by atoms with van der Waals surface area (Å²) in [5, 5.41) is 3.24. The summed E-state index contributed by atoms with van der Waals surface area (Å²) in [6, 6.07) is 4.71. The summed E-state index contributed by atoms with van der Waals surface area (Å²) in [6.07, 6.45) is 12.2. The van der Waals surface area contributed by atoms with Crippen molar-refractivity contribution >= 4 is 5.91 Å². The second-order valence-electron chi connectivity index (χ2n) is 7.09. The van der Waals surface area contributed by atoms with Crippen LogP contribution in [0.2, 0.25) is 0 Å². The topological polar surface area (TPSA) is 45.2 Å². The van der Waals surface area contributed by atoms with Gasteiger partial charge in [0.2, 0.25) is 0 Å². The van der Waals surface area contributed by atoms with Gasteiger partial charge in [0.1, 0.15) is 0 Å². The van der Waals surface area contributed by atoms with Crippen molar-refractivity contribution in [2.45, 2.75) is 70.4 Å². The molecule has 1 aliphatic carbocycles. The zero-order valence-electron chi connectivity index (χ0n) is 14.3. The van der Waals surface area contributed by atoms with Crippen molar-refractivity contribution in [1.29, 1.82) is 0 Å². The third-order valence-corrected chi connectivity index (χ3v) is 5.38. The van der Waals surface area contributed by atoms with Gasteiger partial charge < -0.3 is 5.32 Å². The Kier molecular flexibility index (Phi) is 5.65. The third-order valence-electron chi connectivity index (χ3n) is 5.38. The van der Waals surface area contributed by atoms with Crippen LogP contribution in [0.5, 0.6) is 0 Å². The van der Waals surface area contributed by atoms with Crippen molar-refractivity contribution in [3.8, 4) is 0 Å². The van der Waals surface area contributed by atoms with E-state index in [0.717, 1.165) is 24.7 Å². The van der Waals surface area contributed by atoms with Gasteiger partial charge in [0.05, 0.1) is 5.56 Å². The molecule has 1 unspecified atom stereocenters. The largest absolute Gasteiger partial charge is 0.348 e. The Bertz CT molecular complexity index is 523. The number of hydrogen-bond acceptors (Lipinski definition) is 3. The predicted molar refractivity (Wildman–Crippen MR) is 92.5 cm³/mol. The molecule has 1 saturated carbocycles. The van der Waals surface area contributed by atoms with Crippen molar-refractivity contribution in [2.75, 3.05) is 13.1 Å². The minimum Gasteiger partial charge on any atom is -0.348 e. The van der Waals surface area contributed by atoms with E-state index in [4.69, 9.17) is 0 Å². The maximum Gasteiger partial charge on any atom is 0.253 e. The van der Waals surface area contributed by atoms with Crippen LogP contribution in [-0.4, -0.2) is 41.0 Å². The molecule has 2 heterocycles. The SMILES string of the molecule is Cc1ncccc1C(=O)NC1CCCN(C2CCCCCC2)C1. The summed E-state index contributed by atoms with van der Waals surface area (Å²) < 4.78 is 0. The first-order valence-electron chi connectivity index (χ1n) is 9.20. The Hall–Kier alpha value is -1.42. The molecule has 0 radical (unpaired) electrons. The van der Waals surface area contributed by atoms with E-state index in [0.29, 0.717) is 5.56 Å². The zero-order chi connectivity index (χ0) is 16.1. The van der Waals surface area contributed by atoms with Gasteiger partial charge in [-0.05, 0) is 51.3 Å². The molecule has 1 aromatic heterocycles. The number of hydrogen-bond donors (Lipinski definition) is 1. The Labute approximate surface area is 139 Å². The van der Waals surface area contributed by atoms with Crippen LogP contribution < -0.4 is 5.32 Å². The van der Waals surface area contributed by atoms with E-state index in [1.54, 1.807) is 6.20 Å². The highest BCUT2D eigenvalue weighted by molar-refractivity contribution is 5.95. The van der Waals surface area contributed by atoms with E-state index >= 15 is 0 Å². The number of nitrogens with one attached hydrogen (secondary N) is 1. The van der Waals surface area contributed by atoms with Gasteiger partial charge in [-0.1, -0.05) is 25.7 Å². The summed E-state index contributed by atoms with van der Waals surface area (Å²) in [4.78, 5) is 19.4. The standard InChI is InChI=1S/C19H29N3O/c1-15-18(11-6-12-20-15)19(23)21-16-8-7-13-22(14-16)17-9-4-2-3-5-10-17/h6,11-12,16-17H,2-5,7-10,13-14H2,1H3,(H,21,23). The Morgan fingerprint density at radius 1 is 1.17 bits per heavy atom. The Balaban J connectivity index is 1.58. The average Bonchev–Trinajstić information content (AvgIpc) is 2.85. The van der Waals surface area contributed by atoms with E-state index in [1.807, 2.05) is 19.1 Å². The van der Waals surface area contributed by atoms with Crippen LogP contribution in [0.3, 0.4) is 0 Å². The van der Waals surface area contributed by atoms with Crippen LogP contribution in [-0.2, 0) is 0 Å². The van der Waals surface area contributed by atoms with E-state index in [2.05, 4.69) is 15.2 Å². The predicted octanol–water partition coefficient (Wildman–Crippen LogP) is 3.31. The van der Waals surface area contributed by atoms with Gasteiger partial charge in [-0.3, -0.25) is 14.7 Å². The number of pyridine rings is 1. The fourth-order valence-electron chi connectivity index (χ4n) is 4.07. The maximum absolute atomic E-state index is 12.5. The second-order valence-corrected chi connectivity index (χ2v) is 7.09. The van der Waals surface area contributed by atoms with Crippen molar-refractivity contribution < 1.29 is 4.79 Å². The molecule has 1 aromatic rings. The first-order chi connectivity index (χ1) is 11.2. The van der Waals surface area contributed by atoms with E-state index in [1.165, 1.54) is 51.5 Å². The molecular formula is C19H29N3O. The number of piperidine rings is 1. The quantitative estimate of drug-likeness (QED) is 0.871. The minimum absolute atomic E-state index is 0.0308. The molecule has 23 heavy (non-hydrogen) atoms. The lowest BCUT2D eigenvalue weighted by atomic mass is 9.99. The molecule has 0 aromatic carbocycles. The molecule has 1 saturated heterocycles. The highest BCUT2D eigenvalue weighted by atomic mass is 16.1. The summed E-state index contributed by atoms with van der Waals surface area (Å²) in [7, 11) is 0. The smallest absolute Gasteiger partial charge is 0.253 e. The number of aryl methyl sites for hydroxylation is 1. The van der Waals surface area contributed by atoms with Crippen molar-refractivity contribution in [3.63, 3.8) is 0 Å². The fourth-order valence-corrected chi connectivity index (χ4v) is 4.07. The lowest BCUT2D eigenvalue weighted by molar-refractivity contribution is 0.0859. The van der Waals surface area contributed by atoms with E-state index in [-0.39, 0.29) is 11.9 Å². The average molecular weight is 315 g/mol. The van der Waals surface area contributed by atoms with E-state index in [9.17, 15) is 4.79 Å². The van der Waals surface area contributed by atoms with Crippen molar-refractivity contribution in [2.24, 2.45) is 0 Å². The number of aromatic nitrogens is 1. The first kappa shape index (κ1) is 16.4. The first-order valence-corrected chi connectivity index (χ1v) is 9.20. The van der Waals surface area contributed by atoms with Crippen LogP contribution >= 0.6 is 0 Å².